The molecule has 2 aromatic rings. The summed E-state index contributed by atoms with van der Waals surface area (Å²) in [6, 6.07) is 15.7. The van der Waals surface area contributed by atoms with Crippen LogP contribution in [0.5, 0.6) is 0 Å². The first-order chi connectivity index (χ1) is 14.6. The lowest BCUT2D eigenvalue weighted by atomic mass is 9.98. The Balaban J connectivity index is 0.00000341. The third-order valence-corrected chi connectivity index (χ3v) is 5.30. The van der Waals surface area contributed by atoms with Crippen molar-refractivity contribution in [3.63, 3.8) is 0 Å². The predicted molar refractivity (Wildman–Crippen MR) is 119 cm³/mol. The molecular weight excluding hydrogens is 435 g/mol. The summed E-state index contributed by atoms with van der Waals surface area (Å²) in [5.41, 5.74) is 4.55. The van der Waals surface area contributed by atoms with Crippen molar-refractivity contribution < 1.29 is 31.7 Å². The number of quaternary nitrogens is 1. The summed E-state index contributed by atoms with van der Waals surface area (Å²) in [6.07, 6.45) is 2.85. The lowest BCUT2D eigenvalue weighted by Gasteiger charge is -2.23. The molecule has 0 saturated carbocycles. The van der Waals surface area contributed by atoms with Crippen LogP contribution in [0.1, 0.15) is 30.0 Å². The van der Waals surface area contributed by atoms with E-state index in [-0.39, 0.29) is 18.4 Å². The molecule has 3 rings (SSSR count). The second kappa shape index (κ2) is 12.5. The molecular formula is C24H28Cl2N2O3. The van der Waals surface area contributed by atoms with Crippen molar-refractivity contribution in [2.24, 2.45) is 5.16 Å². The smallest absolute Gasteiger partial charge is 0.339 e. The summed E-state index contributed by atoms with van der Waals surface area (Å²) in [5, 5.41) is 5.13. The number of carbonyl (C=O) groups is 1. The molecule has 0 amide bonds. The summed E-state index contributed by atoms with van der Waals surface area (Å²) < 4.78 is 5.12. The molecule has 0 saturated heterocycles. The van der Waals surface area contributed by atoms with Gasteiger partial charge in [-0.25, -0.2) is 4.79 Å². The Bertz CT molecular complexity index is 944. The quantitative estimate of drug-likeness (QED) is 0.264. The monoisotopic (exact) mass is 462 g/mol. The van der Waals surface area contributed by atoms with Crippen molar-refractivity contribution in [2.45, 2.75) is 20.3 Å². The fraction of sp³-hybridized carbons (Fsp3) is 0.333. The number of hydrogen-bond donors (Lipinski definition) is 1. The minimum atomic E-state index is -0.212. The SMILES string of the molecule is CCOC(=O)C1=CCC[NH+](CCO/N=C(\c2cccc(Cl)c2)c2ccccc2C)C1.[Cl-]. The molecule has 1 heterocycles. The van der Waals surface area contributed by atoms with Crippen LogP contribution in [0.4, 0.5) is 0 Å². The van der Waals surface area contributed by atoms with Crippen LogP contribution in [0.2, 0.25) is 5.02 Å². The Labute approximate surface area is 195 Å². The van der Waals surface area contributed by atoms with E-state index >= 15 is 0 Å². The maximum Gasteiger partial charge on any atom is 0.339 e. The first-order valence-corrected chi connectivity index (χ1v) is 10.7. The van der Waals surface area contributed by atoms with Crippen LogP contribution in [-0.2, 0) is 14.4 Å². The van der Waals surface area contributed by atoms with Crippen LogP contribution >= 0.6 is 11.6 Å². The predicted octanol–water partition coefficient (Wildman–Crippen LogP) is 0.200. The fourth-order valence-electron chi connectivity index (χ4n) is 3.51. The maximum absolute atomic E-state index is 12.0. The highest BCUT2D eigenvalue weighted by Gasteiger charge is 2.22. The van der Waals surface area contributed by atoms with Gasteiger partial charge in [0, 0.05) is 22.6 Å². The molecule has 1 atom stereocenters. The van der Waals surface area contributed by atoms with Gasteiger partial charge in [0.2, 0.25) is 0 Å². The topological polar surface area (TPSA) is 52.3 Å². The Hall–Kier alpha value is -2.34. The van der Waals surface area contributed by atoms with Gasteiger partial charge in [-0.15, -0.1) is 0 Å². The second-order valence-corrected chi connectivity index (χ2v) is 7.70. The van der Waals surface area contributed by atoms with E-state index in [0.29, 0.717) is 24.8 Å². The standard InChI is InChI=1S/C24H27ClN2O3.ClH/c1-3-29-24(28)20-10-7-13-27(17-20)14-15-30-26-23(19-9-6-11-21(25)16-19)22-12-5-4-8-18(22)2;/h4-6,8-12,16H,3,7,13-15,17H2,1-2H3;1H/b26-23+;. The molecule has 0 aromatic heterocycles. The Morgan fingerprint density at radius 3 is 2.74 bits per heavy atom. The number of nitrogens with zero attached hydrogens (tertiary/aromatic N) is 1. The summed E-state index contributed by atoms with van der Waals surface area (Å²) in [4.78, 5) is 19.0. The normalized spacial score (nSPS) is 16.2. The number of nitrogens with one attached hydrogen (secondary N) is 1. The first-order valence-electron chi connectivity index (χ1n) is 10.3. The van der Waals surface area contributed by atoms with E-state index < -0.39 is 0 Å². The molecule has 0 aliphatic carbocycles. The molecule has 166 valence electrons. The highest BCUT2D eigenvalue weighted by atomic mass is 35.5. The third kappa shape index (κ3) is 7.10. The lowest BCUT2D eigenvalue weighted by Crippen LogP contribution is -3.13. The summed E-state index contributed by atoms with van der Waals surface area (Å²) in [6.45, 7) is 7.12. The highest BCUT2D eigenvalue weighted by Crippen LogP contribution is 2.18. The van der Waals surface area contributed by atoms with Gasteiger partial charge in [0.15, 0.2) is 6.61 Å². The molecule has 0 spiro atoms. The van der Waals surface area contributed by atoms with Crippen molar-refractivity contribution in [1.82, 2.24) is 0 Å². The molecule has 31 heavy (non-hydrogen) atoms. The molecule has 0 bridgehead atoms. The minimum absolute atomic E-state index is 0. The van der Waals surface area contributed by atoms with Crippen LogP contribution < -0.4 is 17.3 Å². The number of benzene rings is 2. The van der Waals surface area contributed by atoms with E-state index in [0.717, 1.165) is 47.5 Å². The fourth-order valence-corrected chi connectivity index (χ4v) is 3.70. The van der Waals surface area contributed by atoms with Gasteiger partial charge < -0.3 is 26.9 Å². The zero-order chi connectivity index (χ0) is 21.3. The zero-order valence-electron chi connectivity index (χ0n) is 17.9. The van der Waals surface area contributed by atoms with E-state index in [9.17, 15) is 4.79 Å². The van der Waals surface area contributed by atoms with Crippen molar-refractivity contribution >= 4 is 23.3 Å². The van der Waals surface area contributed by atoms with E-state index in [1.807, 2.05) is 55.5 Å². The van der Waals surface area contributed by atoms with Crippen molar-refractivity contribution in [2.75, 3.05) is 32.8 Å². The minimum Gasteiger partial charge on any atom is -1.00 e. The summed E-state index contributed by atoms with van der Waals surface area (Å²) in [5.74, 6) is -0.212. The number of ether oxygens (including phenoxy) is 1. The van der Waals surface area contributed by atoms with Gasteiger partial charge >= 0.3 is 5.97 Å². The van der Waals surface area contributed by atoms with E-state index in [4.69, 9.17) is 21.2 Å². The molecule has 1 aliphatic heterocycles. The zero-order valence-corrected chi connectivity index (χ0v) is 19.4. The largest absolute Gasteiger partial charge is 1.00 e. The molecule has 1 aliphatic rings. The second-order valence-electron chi connectivity index (χ2n) is 7.26. The van der Waals surface area contributed by atoms with E-state index in [1.165, 1.54) is 4.90 Å². The number of esters is 1. The molecule has 1 N–H and O–H groups in total. The molecule has 0 radical (unpaired) electrons. The average molecular weight is 463 g/mol. The number of hydrogen-bond acceptors (Lipinski definition) is 4. The van der Waals surface area contributed by atoms with Gasteiger partial charge in [0.05, 0.1) is 18.7 Å². The van der Waals surface area contributed by atoms with E-state index in [2.05, 4.69) is 18.1 Å². The molecule has 1 unspecified atom stereocenters. The van der Waals surface area contributed by atoms with Crippen LogP contribution in [0.15, 0.2) is 65.3 Å². The highest BCUT2D eigenvalue weighted by molar-refractivity contribution is 6.31. The number of rotatable bonds is 8. The van der Waals surface area contributed by atoms with Gasteiger partial charge in [0.25, 0.3) is 0 Å². The molecule has 7 heteroatoms. The third-order valence-electron chi connectivity index (χ3n) is 5.07. The van der Waals surface area contributed by atoms with Gasteiger partial charge in [-0.05, 0) is 31.5 Å². The maximum atomic E-state index is 12.0. The van der Waals surface area contributed by atoms with Crippen LogP contribution in [0.3, 0.4) is 0 Å². The van der Waals surface area contributed by atoms with Gasteiger partial charge in [-0.3, -0.25) is 0 Å². The average Bonchev–Trinajstić information content (AvgIpc) is 2.75. The van der Waals surface area contributed by atoms with Crippen LogP contribution in [0.25, 0.3) is 0 Å². The van der Waals surface area contributed by atoms with Crippen molar-refractivity contribution in [3.05, 3.63) is 81.9 Å². The van der Waals surface area contributed by atoms with Crippen LogP contribution in [0, 0.1) is 6.92 Å². The van der Waals surface area contributed by atoms with Gasteiger partial charge in [0.1, 0.15) is 18.8 Å². The Morgan fingerprint density at radius 2 is 2.00 bits per heavy atom. The Morgan fingerprint density at radius 1 is 1.19 bits per heavy atom. The van der Waals surface area contributed by atoms with Crippen LogP contribution in [-0.4, -0.2) is 44.5 Å². The summed E-state index contributed by atoms with van der Waals surface area (Å²) >= 11 is 6.20. The number of halogens is 2. The molecule has 0 fully saturated rings. The number of aryl methyl sites for hydroxylation is 1. The van der Waals surface area contributed by atoms with Gasteiger partial charge in [-0.1, -0.05) is 59.2 Å². The van der Waals surface area contributed by atoms with Crippen molar-refractivity contribution in [1.29, 1.82) is 0 Å². The number of carbonyl (C=O) groups excluding carboxylic acids is 1. The number of oxime groups is 1. The van der Waals surface area contributed by atoms with Gasteiger partial charge in [-0.2, -0.15) is 0 Å². The summed E-state index contributed by atoms with van der Waals surface area (Å²) in [7, 11) is 0. The molecule has 2 aromatic carbocycles. The first kappa shape index (κ1) is 24.9. The lowest BCUT2D eigenvalue weighted by molar-refractivity contribution is -0.896. The molecule has 5 nitrogen and oxygen atoms in total. The van der Waals surface area contributed by atoms with E-state index in [1.54, 1.807) is 0 Å². The van der Waals surface area contributed by atoms with Crippen molar-refractivity contribution in [3.8, 4) is 0 Å². The Kier molecular flexibility index (Phi) is 10.0.